The molecule has 1 amide bonds. The molecule has 0 unspecified atom stereocenters. The monoisotopic (exact) mass is 299 g/mol. The van der Waals surface area contributed by atoms with Crippen LogP contribution < -0.4 is 5.32 Å². The number of amides is 1. The SMILES string of the molecule is CCC1CCC(NC(=O)c2ccc(Cl)o2)(C(=O)O)CC1. The first-order valence-corrected chi connectivity index (χ1v) is 7.16. The van der Waals surface area contributed by atoms with E-state index < -0.39 is 17.4 Å². The lowest BCUT2D eigenvalue weighted by molar-refractivity contribution is -0.146. The second-order valence-corrected chi connectivity index (χ2v) is 5.67. The molecule has 1 aliphatic rings. The Bertz CT molecular complexity index is 503. The van der Waals surface area contributed by atoms with E-state index in [-0.39, 0.29) is 11.0 Å². The topological polar surface area (TPSA) is 79.5 Å². The molecule has 6 heteroatoms. The van der Waals surface area contributed by atoms with Crippen LogP contribution in [0.4, 0.5) is 0 Å². The Morgan fingerprint density at radius 2 is 2.10 bits per heavy atom. The normalized spacial score (nSPS) is 26.2. The highest BCUT2D eigenvalue weighted by molar-refractivity contribution is 6.29. The van der Waals surface area contributed by atoms with Gasteiger partial charge in [0.05, 0.1) is 0 Å². The largest absolute Gasteiger partial charge is 0.480 e. The van der Waals surface area contributed by atoms with Crippen molar-refractivity contribution < 1.29 is 19.1 Å². The number of aliphatic carboxylic acids is 1. The molecule has 0 bridgehead atoms. The number of carboxylic acids is 1. The van der Waals surface area contributed by atoms with Crippen molar-refractivity contribution in [1.82, 2.24) is 5.32 Å². The first kappa shape index (κ1) is 14.9. The van der Waals surface area contributed by atoms with Gasteiger partial charge in [-0.05, 0) is 55.3 Å². The van der Waals surface area contributed by atoms with Gasteiger partial charge in [-0.1, -0.05) is 13.3 Å². The summed E-state index contributed by atoms with van der Waals surface area (Å²) in [6, 6.07) is 2.89. The molecular weight excluding hydrogens is 282 g/mol. The average molecular weight is 300 g/mol. The zero-order valence-corrected chi connectivity index (χ0v) is 12.1. The number of rotatable bonds is 4. The zero-order chi connectivity index (χ0) is 14.8. The number of hydrogen-bond acceptors (Lipinski definition) is 3. The summed E-state index contributed by atoms with van der Waals surface area (Å²) in [7, 11) is 0. The van der Waals surface area contributed by atoms with Crippen molar-refractivity contribution in [1.29, 1.82) is 0 Å². The lowest BCUT2D eigenvalue weighted by Crippen LogP contribution is -2.56. The summed E-state index contributed by atoms with van der Waals surface area (Å²) < 4.78 is 5.01. The minimum atomic E-state index is -1.19. The van der Waals surface area contributed by atoms with E-state index in [0.717, 1.165) is 19.3 Å². The molecule has 1 heterocycles. The first-order chi connectivity index (χ1) is 9.47. The molecule has 0 aromatic carbocycles. The summed E-state index contributed by atoms with van der Waals surface area (Å²) in [5.74, 6) is -0.946. The molecule has 5 nitrogen and oxygen atoms in total. The smallest absolute Gasteiger partial charge is 0.329 e. The molecular formula is C14H18ClNO4. The maximum absolute atomic E-state index is 12.1. The fourth-order valence-electron chi connectivity index (χ4n) is 2.69. The quantitative estimate of drug-likeness (QED) is 0.895. The molecule has 1 aromatic rings. The average Bonchev–Trinajstić information content (AvgIpc) is 2.86. The van der Waals surface area contributed by atoms with E-state index >= 15 is 0 Å². The molecule has 1 saturated carbocycles. The fourth-order valence-corrected chi connectivity index (χ4v) is 2.83. The molecule has 0 radical (unpaired) electrons. The molecule has 0 spiro atoms. The van der Waals surface area contributed by atoms with E-state index in [4.69, 9.17) is 16.0 Å². The van der Waals surface area contributed by atoms with Crippen molar-refractivity contribution in [2.75, 3.05) is 0 Å². The van der Waals surface area contributed by atoms with Gasteiger partial charge in [0.15, 0.2) is 11.0 Å². The number of nitrogens with one attached hydrogen (secondary N) is 1. The standard InChI is InChI=1S/C14H18ClNO4/c1-2-9-5-7-14(8-6-9,13(18)19)16-12(17)10-3-4-11(15)20-10/h3-4,9H,2,5-8H2,1H3,(H,16,17)(H,18,19). The molecule has 1 aromatic heterocycles. The van der Waals surface area contributed by atoms with E-state index in [0.29, 0.717) is 18.8 Å². The Kier molecular flexibility index (Phi) is 4.38. The van der Waals surface area contributed by atoms with E-state index in [2.05, 4.69) is 12.2 Å². The van der Waals surface area contributed by atoms with Crippen LogP contribution in [0, 0.1) is 5.92 Å². The third-order valence-electron chi connectivity index (χ3n) is 4.10. The van der Waals surface area contributed by atoms with Crippen molar-refractivity contribution >= 4 is 23.5 Å². The summed E-state index contributed by atoms with van der Waals surface area (Å²) in [6.45, 7) is 2.10. The molecule has 1 fully saturated rings. The Morgan fingerprint density at radius 3 is 2.55 bits per heavy atom. The second-order valence-electron chi connectivity index (χ2n) is 5.30. The van der Waals surface area contributed by atoms with Crippen LogP contribution in [0.2, 0.25) is 5.22 Å². The van der Waals surface area contributed by atoms with Gasteiger partial charge in [-0.3, -0.25) is 4.79 Å². The summed E-state index contributed by atoms with van der Waals surface area (Å²) in [5, 5.41) is 12.2. The van der Waals surface area contributed by atoms with Gasteiger partial charge in [0, 0.05) is 0 Å². The molecule has 0 atom stereocenters. The van der Waals surface area contributed by atoms with Crippen LogP contribution in [-0.2, 0) is 4.79 Å². The molecule has 20 heavy (non-hydrogen) atoms. The van der Waals surface area contributed by atoms with Gasteiger partial charge < -0.3 is 14.8 Å². The van der Waals surface area contributed by atoms with E-state index in [9.17, 15) is 14.7 Å². The number of halogens is 1. The molecule has 0 saturated heterocycles. The number of carboxylic acid groups (broad SMARTS) is 1. The summed E-state index contributed by atoms with van der Waals surface area (Å²) in [5.41, 5.74) is -1.19. The van der Waals surface area contributed by atoms with Crippen LogP contribution in [-0.4, -0.2) is 22.5 Å². The van der Waals surface area contributed by atoms with Gasteiger partial charge in [-0.15, -0.1) is 0 Å². The number of hydrogen-bond donors (Lipinski definition) is 2. The lowest BCUT2D eigenvalue weighted by Gasteiger charge is -2.36. The Balaban J connectivity index is 2.10. The van der Waals surface area contributed by atoms with Crippen molar-refractivity contribution in [3.05, 3.63) is 23.1 Å². The lowest BCUT2D eigenvalue weighted by atomic mass is 9.75. The summed E-state index contributed by atoms with van der Waals surface area (Å²) in [6.07, 6.45) is 3.55. The van der Waals surface area contributed by atoms with Crippen LogP contribution in [0.3, 0.4) is 0 Å². The minimum Gasteiger partial charge on any atom is -0.480 e. The fraction of sp³-hybridized carbons (Fsp3) is 0.571. The van der Waals surface area contributed by atoms with Crippen LogP contribution in [0.5, 0.6) is 0 Å². The maximum atomic E-state index is 12.1. The maximum Gasteiger partial charge on any atom is 0.329 e. The van der Waals surface area contributed by atoms with Crippen molar-refractivity contribution in [2.45, 2.75) is 44.6 Å². The molecule has 2 N–H and O–H groups in total. The van der Waals surface area contributed by atoms with E-state index in [1.54, 1.807) is 0 Å². The first-order valence-electron chi connectivity index (χ1n) is 6.78. The van der Waals surface area contributed by atoms with Crippen molar-refractivity contribution in [2.24, 2.45) is 5.92 Å². The van der Waals surface area contributed by atoms with Gasteiger partial charge in [-0.2, -0.15) is 0 Å². The van der Waals surface area contributed by atoms with Crippen LogP contribution in [0.1, 0.15) is 49.6 Å². The number of carbonyl (C=O) groups excluding carboxylic acids is 1. The van der Waals surface area contributed by atoms with Gasteiger partial charge in [0.25, 0.3) is 5.91 Å². The Morgan fingerprint density at radius 1 is 1.45 bits per heavy atom. The molecule has 1 aliphatic carbocycles. The van der Waals surface area contributed by atoms with Gasteiger partial charge in [0.1, 0.15) is 5.54 Å². The predicted molar refractivity (Wildman–Crippen MR) is 73.8 cm³/mol. The summed E-state index contributed by atoms with van der Waals surface area (Å²) in [4.78, 5) is 23.6. The highest BCUT2D eigenvalue weighted by atomic mass is 35.5. The minimum absolute atomic E-state index is 0.0354. The highest BCUT2D eigenvalue weighted by Gasteiger charge is 2.43. The Hall–Kier alpha value is -1.49. The van der Waals surface area contributed by atoms with Crippen LogP contribution in [0.25, 0.3) is 0 Å². The molecule has 2 rings (SSSR count). The Labute approximate surface area is 122 Å². The number of furan rings is 1. The number of carbonyl (C=O) groups is 2. The van der Waals surface area contributed by atoms with Gasteiger partial charge >= 0.3 is 5.97 Å². The van der Waals surface area contributed by atoms with Crippen LogP contribution in [0.15, 0.2) is 16.5 Å². The van der Waals surface area contributed by atoms with Crippen molar-refractivity contribution in [3.63, 3.8) is 0 Å². The highest BCUT2D eigenvalue weighted by Crippen LogP contribution is 2.34. The van der Waals surface area contributed by atoms with Gasteiger partial charge in [0.2, 0.25) is 0 Å². The van der Waals surface area contributed by atoms with Crippen molar-refractivity contribution in [3.8, 4) is 0 Å². The zero-order valence-electron chi connectivity index (χ0n) is 11.3. The molecule has 110 valence electrons. The van der Waals surface area contributed by atoms with E-state index in [1.165, 1.54) is 12.1 Å². The molecule has 0 aliphatic heterocycles. The van der Waals surface area contributed by atoms with E-state index in [1.807, 2.05) is 0 Å². The third kappa shape index (κ3) is 2.98. The van der Waals surface area contributed by atoms with Crippen LogP contribution >= 0.6 is 11.6 Å². The predicted octanol–water partition coefficient (Wildman–Crippen LogP) is 3.09. The third-order valence-corrected chi connectivity index (χ3v) is 4.30. The van der Waals surface area contributed by atoms with Gasteiger partial charge in [-0.25, -0.2) is 4.79 Å². The summed E-state index contributed by atoms with van der Waals surface area (Å²) >= 11 is 5.62. The second kappa shape index (κ2) is 5.87.